The van der Waals surface area contributed by atoms with Gasteiger partial charge in [0.1, 0.15) is 12.7 Å². The van der Waals surface area contributed by atoms with Crippen molar-refractivity contribution in [2.24, 2.45) is 5.92 Å². The fraction of sp³-hybridized carbons (Fsp3) is 0.600. The van der Waals surface area contributed by atoms with Crippen molar-refractivity contribution in [3.8, 4) is 0 Å². The van der Waals surface area contributed by atoms with Crippen molar-refractivity contribution in [2.75, 3.05) is 33.0 Å². The number of nitrogens with zero attached hydrogens (tertiary/aromatic N) is 1. The van der Waals surface area contributed by atoms with Gasteiger partial charge in [-0.2, -0.15) is 17.4 Å². The highest BCUT2D eigenvalue weighted by molar-refractivity contribution is 7.87. The van der Waals surface area contributed by atoms with E-state index in [0.717, 1.165) is 5.56 Å². The lowest BCUT2D eigenvalue weighted by atomic mass is 10.0. The first kappa shape index (κ1) is 24.4. The molecule has 1 aliphatic heterocycles. The minimum Gasteiger partial charge on any atom is -0.379 e. The molecule has 0 bridgehead atoms. The van der Waals surface area contributed by atoms with Crippen LogP contribution in [0.5, 0.6) is 0 Å². The van der Waals surface area contributed by atoms with Gasteiger partial charge in [-0.25, -0.2) is 4.39 Å². The Morgan fingerprint density at radius 2 is 1.77 bits per heavy atom. The Balaban J connectivity index is 2.14. The molecule has 1 fully saturated rings. The van der Waals surface area contributed by atoms with E-state index in [1.54, 1.807) is 24.3 Å². The van der Waals surface area contributed by atoms with Crippen LogP contribution < -0.4 is 10.0 Å². The van der Waals surface area contributed by atoms with Crippen molar-refractivity contribution in [3.05, 3.63) is 35.9 Å². The Kier molecular flexibility index (Phi) is 9.35. The summed E-state index contributed by atoms with van der Waals surface area (Å²) in [6.07, 6.45) is 0.358. The summed E-state index contributed by atoms with van der Waals surface area (Å²) in [5.41, 5.74) is 0.763. The molecule has 1 aromatic carbocycles. The van der Waals surface area contributed by atoms with Crippen LogP contribution in [0.1, 0.15) is 25.8 Å². The summed E-state index contributed by atoms with van der Waals surface area (Å²) in [5, 5.41) is 2.55. The number of carbonyl (C=O) groups is 2. The van der Waals surface area contributed by atoms with Gasteiger partial charge in [0.25, 0.3) is 10.2 Å². The van der Waals surface area contributed by atoms with E-state index in [9.17, 15) is 22.4 Å². The molecule has 1 aromatic rings. The van der Waals surface area contributed by atoms with Crippen molar-refractivity contribution in [3.63, 3.8) is 0 Å². The van der Waals surface area contributed by atoms with Crippen molar-refractivity contribution < 1.29 is 27.1 Å². The van der Waals surface area contributed by atoms with E-state index in [-0.39, 0.29) is 45.1 Å². The molecule has 8 nitrogen and oxygen atoms in total. The number of carbonyl (C=O) groups excluding carboxylic acids is 2. The first-order valence-corrected chi connectivity index (χ1v) is 11.4. The predicted octanol–water partition coefficient (Wildman–Crippen LogP) is 0.834. The average Bonchev–Trinajstić information content (AvgIpc) is 2.73. The predicted molar refractivity (Wildman–Crippen MR) is 111 cm³/mol. The summed E-state index contributed by atoms with van der Waals surface area (Å²) >= 11 is 0. The third-order valence-electron chi connectivity index (χ3n) is 4.74. The van der Waals surface area contributed by atoms with Gasteiger partial charge in [0, 0.05) is 13.1 Å². The van der Waals surface area contributed by atoms with Crippen LogP contribution in [-0.4, -0.2) is 69.5 Å². The number of amides is 1. The number of hydrogen-bond acceptors (Lipinski definition) is 5. The van der Waals surface area contributed by atoms with E-state index in [4.69, 9.17) is 4.74 Å². The molecule has 1 saturated heterocycles. The molecular weight excluding hydrogens is 413 g/mol. The fourth-order valence-corrected chi connectivity index (χ4v) is 4.52. The van der Waals surface area contributed by atoms with Gasteiger partial charge in [-0.3, -0.25) is 9.59 Å². The molecule has 1 aliphatic rings. The minimum absolute atomic E-state index is 0.0117. The minimum atomic E-state index is -3.91. The van der Waals surface area contributed by atoms with Crippen LogP contribution in [0.2, 0.25) is 0 Å². The first-order valence-electron chi connectivity index (χ1n) is 10.0. The van der Waals surface area contributed by atoms with Crippen molar-refractivity contribution in [1.29, 1.82) is 0 Å². The van der Waals surface area contributed by atoms with Crippen LogP contribution >= 0.6 is 0 Å². The number of ether oxygens (including phenoxy) is 1. The van der Waals surface area contributed by atoms with E-state index in [1.165, 1.54) is 4.31 Å². The summed E-state index contributed by atoms with van der Waals surface area (Å²) in [5.74, 6) is -1.40. The molecule has 0 radical (unpaired) electrons. The Morgan fingerprint density at radius 1 is 1.13 bits per heavy atom. The molecule has 30 heavy (non-hydrogen) atoms. The Morgan fingerprint density at radius 3 is 2.33 bits per heavy atom. The molecule has 10 heteroatoms. The van der Waals surface area contributed by atoms with Crippen LogP contribution in [0.15, 0.2) is 30.3 Å². The summed E-state index contributed by atoms with van der Waals surface area (Å²) in [4.78, 5) is 25.0. The third-order valence-corrected chi connectivity index (χ3v) is 6.37. The van der Waals surface area contributed by atoms with E-state index in [0.29, 0.717) is 0 Å². The zero-order chi connectivity index (χ0) is 22.1. The topological polar surface area (TPSA) is 105 Å². The van der Waals surface area contributed by atoms with Crippen LogP contribution in [-0.2, 0) is 31.0 Å². The largest absolute Gasteiger partial charge is 0.379 e. The lowest BCUT2D eigenvalue weighted by molar-refractivity contribution is -0.129. The lowest BCUT2D eigenvalue weighted by Gasteiger charge is -2.29. The van der Waals surface area contributed by atoms with Gasteiger partial charge in [0.2, 0.25) is 5.91 Å². The number of Topliss-reactive ketones (excluding diaryl/α,β-unsaturated/α-hetero) is 1. The number of hydrogen-bond donors (Lipinski definition) is 2. The summed E-state index contributed by atoms with van der Waals surface area (Å²) in [6.45, 7) is 3.46. The van der Waals surface area contributed by atoms with E-state index < -0.39 is 40.7 Å². The summed E-state index contributed by atoms with van der Waals surface area (Å²) in [7, 11) is -3.91. The van der Waals surface area contributed by atoms with Gasteiger partial charge in [-0.1, -0.05) is 44.2 Å². The zero-order valence-electron chi connectivity index (χ0n) is 17.3. The molecule has 1 amide bonds. The molecule has 0 saturated carbocycles. The summed E-state index contributed by atoms with van der Waals surface area (Å²) in [6, 6.07) is 6.77. The van der Waals surface area contributed by atoms with Crippen LogP contribution in [0.25, 0.3) is 0 Å². The SMILES string of the molecule is CC(C)C[C@H](NS(=O)(=O)N1CCOCC1)C(=O)N[C@@H](Cc1ccccc1)C(=O)CF. The summed E-state index contributed by atoms with van der Waals surface area (Å²) < 4.78 is 47.3. The Labute approximate surface area is 177 Å². The van der Waals surface area contributed by atoms with Gasteiger partial charge >= 0.3 is 0 Å². The second kappa shape index (κ2) is 11.5. The zero-order valence-corrected chi connectivity index (χ0v) is 18.2. The molecule has 1 heterocycles. The molecule has 0 aromatic heterocycles. The molecule has 0 aliphatic carbocycles. The van der Waals surface area contributed by atoms with Gasteiger partial charge in [-0.05, 0) is 24.3 Å². The smallest absolute Gasteiger partial charge is 0.280 e. The standard InChI is InChI=1S/C20H30FN3O5S/c1-15(2)12-18(23-30(27,28)24-8-10-29-11-9-24)20(26)22-17(19(25)14-21)13-16-6-4-3-5-7-16/h3-7,15,17-18,23H,8-14H2,1-2H3,(H,22,26)/t17-,18-/m0/s1. The quantitative estimate of drug-likeness (QED) is 0.527. The normalized spacial score (nSPS) is 17.5. The Bertz CT molecular complexity index is 798. The number of nitrogens with one attached hydrogen (secondary N) is 2. The molecule has 0 unspecified atom stereocenters. The van der Waals surface area contributed by atoms with Crippen LogP contribution in [0.3, 0.4) is 0 Å². The lowest BCUT2D eigenvalue weighted by Crippen LogP contribution is -2.56. The van der Waals surface area contributed by atoms with Gasteiger partial charge < -0.3 is 10.1 Å². The number of ketones is 1. The number of halogens is 1. The highest BCUT2D eigenvalue weighted by Crippen LogP contribution is 2.11. The van der Waals surface area contributed by atoms with Crippen LogP contribution in [0, 0.1) is 5.92 Å². The fourth-order valence-electron chi connectivity index (χ4n) is 3.18. The number of morpholine rings is 1. The maximum absolute atomic E-state index is 13.1. The number of benzene rings is 1. The molecular formula is C20H30FN3O5S. The van der Waals surface area contributed by atoms with E-state index in [2.05, 4.69) is 10.0 Å². The molecule has 0 spiro atoms. The first-order chi connectivity index (χ1) is 14.2. The molecule has 2 atom stereocenters. The van der Waals surface area contributed by atoms with Gasteiger partial charge in [0.05, 0.1) is 19.3 Å². The van der Waals surface area contributed by atoms with E-state index in [1.807, 2.05) is 19.9 Å². The highest BCUT2D eigenvalue weighted by atomic mass is 32.2. The average molecular weight is 444 g/mol. The second-order valence-corrected chi connectivity index (χ2v) is 9.37. The maximum Gasteiger partial charge on any atom is 0.280 e. The number of rotatable bonds is 11. The number of alkyl halides is 1. The second-order valence-electron chi connectivity index (χ2n) is 7.67. The highest BCUT2D eigenvalue weighted by Gasteiger charge is 2.32. The Hall–Kier alpha value is -1.88. The van der Waals surface area contributed by atoms with Crippen LogP contribution in [0.4, 0.5) is 4.39 Å². The molecule has 2 rings (SSSR count). The molecule has 2 N–H and O–H groups in total. The van der Waals surface area contributed by atoms with Gasteiger partial charge in [-0.15, -0.1) is 0 Å². The third kappa shape index (κ3) is 7.42. The maximum atomic E-state index is 13.1. The van der Waals surface area contributed by atoms with Gasteiger partial charge in [0.15, 0.2) is 5.78 Å². The van der Waals surface area contributed by atoms with E-state index >= 15 is 0 Å². The van der Waals surface area contributed by atoms with Crippen molar-refractivity contribution in [1.82, 2.24) is 14.3 Å². The van der Waals surface area contributed by atoms with Crippen molar-refractivity contribution in [2.45, 2.75) is 38.8 Å². The monoisotopic (exact) mass is 443 g/mol. The molecule has 168 valence electrons. The van der Waals surface area contributed by atoms with Crippen molar-refractivity contribution >= 4 is 21.9 Å².